The van der Waals surface area contributed by atoms with Gasteiger partial charge in [-0.05, 0) is 71.4 Å². The lowest BCUT2D eigenvalue weighted by molar-refractivity contribution is -0.138. The highest BCUT2D eigenvalue weighted by Crippen LogP contribution is 2.71. The van der Waals surface area contributed by atoms with Crippen LogP contribution in [-0.4, -0.2) is 53.6 Å². The number of hydrogen-bond donors (Lipinski definition) is 0. The Bertz CT molecular complexity index is 899. The highest BCUT2D eigenvalue weighted by atomic mass is 32.1. The van der Waals surface area contributed by atoms with Crippen molar-refractivity contribution in [1.82, 2.24) is 9.80 Å². The molecule has 6 aliphatic rings. The summed E-state index contributed by atoms with van der Waals surface area (Å²) in [4.78, 5) is 41.9. The lowest BCUT2D eigenvalue weighted by Gasteiger charge is -2.39. The van der Waals surface area contributed by atoms with E-state index in [0.717, 1.165) is 57.4 Å². The van der Waals surface area contributed by atoms with E-state index in [-0.39, 0.29) is 35.0 Å². The van der Waals surface area contributed by atoms with Crippen LogP contribution in [0.1, 0.15) is 31.2 Å². The predicted molar refractivity (Wildman–Crippen MR) is 110 cm³/mol. The molecule has 4 bridgehead atoms. The molecule has 0 N–H and O–H groups in total. The van der Waals surface area contributed by atoms with Gasteiger partial charge in [-0.2, -0.15) is 11.3 Å². The van der Waals surface area contributed by atoms with Gasteiger partial charge >= 0.3 is 0 Å². The quantitative estimate of drug-likeness (QED) is 0.720. The van der Waals surface area contributed by atoms with E-state index in [4.69, 9.17) is 0 Å². The van der Waals surface area contributed by atoms with Crippen molar-refractivity contribution in [3.05, 3.63) is 28.5 Å². The maximum Gasteiger partial charge on any atom is 0.246 e. The van der Waals surface area contributed by atoms with E-state index in [1.165, 1.54) is 0 Å². The zero-order valence-electron chi connectivity index (χ0n) is 16.5. The van der Waals surface area contributed by atoms with E-state index in [9.17, 15) is 14.4 Å². The Morgan fingerprint density at radius 3 is 2.48 bits per heavy atom. The average molecular weight is 411 g/mol. The minimum absolute atomic E-state index is 0.00319. The minimum atomic E-state index is -0.00319. The monoisotopic (exact) mass is 410 g/mol. The topological polar surface area (TPSA) is 57.7 Å². The van der Waals surface area contributed by atoms with Gasteiger partial charge in [0.1, 0.15) is 5.78 Å². The number of ketones is 1. The van der Waals surface area contributed by atoms with Crippen LogP contribution in [0.15, 0.2) is 22.9 Å². The number of thiophene rings is 1. The van der Waals surface area contributed by atoms with Crippen molar-refractivity contribution < 1.29 is 14.4 Å². The molecule has 7 rings (SSSR count). The minimum Gasteiger partial charge on any atom is -0.342 e. The summed E-state index contributed by atoms with van der Waals surface area (Å²) in [5, 5.41) is 4.04. The van der Waals surface area contributed by atoms with Crippen molar-refractivity contribution in [2.75, 3.05) is 26.2 Å². The van der Waals surface area contributed by atoms with Crippen molar-refractivity contribution in [3.8, 4) is 0 Å². The first-order chi connectivity index (χ1) is 14.1. The molecule has 1 aromatic heterocycles. The molecule has 5 atom stereocenters. The molecule has 0 aromatic carbocycles. The second kappa shape index (κ2) is 6.27. The number of rotatable bonds is 3. The van der Waals surface area contributed by atoms with Crippen LogP contribution in [0, 0.1) is 35.0 Å². The van der Waals surface area contributed by atoms with E-state index in [1.54, 1.807) is 17.4 Å². The third-order valence-electron chi connectivity index (χ3n) is 8.43. The van der Waals surface area contributed by atoms with Gasteiger partial charge in [-0.15, -0.1) is 0 Å². The van der Waals surface area contributed by atoms with Crippen LogP contribution in [-0.2, 0) is 14.4 Å². The van der Waals surface area contributed by atoms with Gasteiger partial charge in [0, 0.05) is 44.1 Å². The summed E-state index contributed by atoms with van der Waals surface area (Å²) in [6.07, 6.45) is 7.51. The Kier molecular flexibility index (Phi) is 3.87. The molecule has 3 heterocycles. The lowest BCUT2D eigenvalue weighted by atomic mass is 9.77. The van der Waals surface area contributed by atoms with Gasteiger partial charge in [0.2, 0.25) is 11.8 Å². The molecule has 5 nitrogen and oxygen atoms in total. The van der Waals surface area contributed by atoms with Crippen molar-refractivity contribution >= 4 is 35.0 Å². The van der Waals surface area contributed by atoms with Crippen LogP contribution in [0.5, 0.6) is 0 Å². The van der Waals surface area contributed by atoms with E-state index >= 15 is 0 Å². The summed E-state index contributed by atoms with van der Waals surface area (Å²) in [6, 6.07) is 2.01. The molecule has 6 heteroatoms. The number of hydrogen-bond acceptors (Lipinski definition) is 4. The van der Waals surface area contributed by atoms with E-state index in [0.29, 0.717) is 17.6 Å². The van der Waals surface area contributed by atoms with Gasteiger partial charge < -0.3 is 9.80 Å². The first kappa shape index (κ1) is 17.9. The molecule has 29 heavy (non-hydrogen) atoms. The van der Waals surface area contributed by atoms with Crippen LogP contribution in [0.4, 0.5) is 0 Å². The molecular formula is C23H26N2O3S. The maximum atomic E-state index is 13.2. The summed E-state index contributed by atoms with van der Waals surface area (Å²) in [5.41, 5.74) is 1.24. The molecule has 1 aromatic rings. The van der Waals surface area contributed by atoms with Crippen LogP contribution >= 0.6 is 11.3 Å². The molecule has 2 saturated heterocycles. The molecule has 152 valence electrons. The van der Waals surface area contributed by atoms with Gasteiger partial charge in [-0.25, -0.2) is 0 Å². The second-order valence-corrected chi connectivity index (χ2v) is 10.5. The molecular weight excluding hydrogens is 384 g/mol. The molecule has 2 aliphatic heterocycles. The summed E-state index contributed by atoms with van der Waals surface area (Å²) in [7, 11) is 0. The smallest absolute Gasteiger partial charge is 0.246 e. The summed E-state index contributed by atoms with van der Waals surface area (Å²) in [6.45, 7) is 3.18. The fraction of sp³-hybridized carbons (Fsp3) is 0.609. The molecule has 4 saturated carbocycles. The maximum absolute atomic E-state index is 13.2. The summed E-state index contributed by atoms with van der Waals surface area (Å²) < 4.78 is 0. The van der Waals surface area contributed by atoms with E-state index in [2.05, 4.69) is 4.90 Å². The standard InChI is InChI=1S/C23H26N2O3S/c26-17(2-1-14-3-10-29-12-14)24-7-4-23(5-8-24)6-9-25(13-23)22(28)20-16-11-15-18(20)19(15)21(16)27/h1-3,10,12,15-16,18-20H,4-9,11,13H2/b2-1+/t15-,16+,18+,19-,20-/m1/s1. The Morgan fingerprint density at radius 1 is 1.14 bits per heavy atom. The average Bonchev–Trinajstić information content (AvgIpc) is 3.31. The molecule has 0 unspecified atom stereocenters. The zero-order valence-corrected chi connectivity index (χ0v) is 17.3. The van der Waals surface area contributed by atoms with Gasteiger partial charge in [0.15, 0.2) is 0 Å². The number of nitrogens with zero attached hydrogens (tertiary/aromatic N) is 2. The predicted octanol–water partition coefficient (Wildman–Crippen LogP) is 2.68. The van der Waals surface area contributed by atoms with Crippen molar-refractivity contribution in [2.45, 2.75) is 25.7 Å². The van der Waals surface area contributed by atoms with Gasteiger partial charge in [-0.1, -0.05) is 0 Å². The number of likely N-dealkylation sites (tertiary alicyclic amines) is 2. The summed E-state index contributed by atoms with van der Waals surface area (Å²) in [5.74, 6) is 1.91. The largest absolute Gasteiger partial charge is 0.342 e. The Labute approximate surface area is 174 Å². The zero-order chi connectivity index (χ0) is 19.8. The van der Waals surface area contributed by atoms with Crippen LogP contribution in [0.2, 0.25) is 0 Å². The third-order valence-corrected chi connectivity index (χ3v) is 9.13. The SMILES string of the molecule is O=C1[C@@H]2[C@@H]3C[C@H]1[C@@H](C(=O)N1CCC4(CCN(C(=O)/C=C/c5ccsc5)CC4)C1)[C@@H]32. The number of Topliss-reactive ketones (excluding diaryl/α,β-unsaturated/α-hetero) is 1. The van der Waals surface area contributed by atoms with Crippen molar-refractivity contribution in [3.63, 3.8) is 0 Å². The number of amides is 2. The number of carbonyl (C=O) groups is 3. The van der Waals surface area contributed by atoms with E-state index in [1.807, 2.05) is 27.8 Å². The Morgan fingerprint density at radius 2 is 1.90 bits per heavy atom. The molecule has 1 spiro atoms. The van der Waals surface area contributed by atoms with Gasteiger partial charge in [0.25, 0.3) is 0 Å². The number of carbonyl (C=O) groups excluding carboxylic acids is 3. The highest BCUT2D eigenvalue weighted by molar-refractivity contribution is 7.08. The van der Waals surface area contributed by atoms with Crippen molar-refractivity contribution in [2.24, 2.45) is 35.0 Å². The molecule has 0 radical (unpaired) electrons. The molecule has 2 amide bonds. The van der Waals surface area contributed by atoms with Gasteiger partial charge in [0.05, 0.1) is 5.92 Å². The van der Waals surface area contributed by atoms with E-state index < -0.39 is 0 Å². The highest BCUT2D eigenvalue weighted by Gasteiger charge is 2.75. The fourth-order valence-corrected chi connectivity index (χ4v) is 7.39. The Balaban J connectivity index is 1.05. The third kappa shape index (κ3) is 2.68. The lowest BCUT2D eigenvalue weighted by Crippen LogP contribution is -2.45. The van der Waals surface area contributed by atoms with Gasteiger partial charge in [-0.3, -0.25) is 14.4 Å². The fourth-order valence-electron chi connectivity index (χ4n) is 6.77. The van der Waals surface area contributed by atoms with Crippen LogP contribution in [0.25, 0.3) is 6.08 Å². The first-order valence-corrected chi connectivity index (χ1v) is 11.8. The normalized spacial score (nSPS) is 36.6. The van der Waals surface area contributed by atoms with Crippen LogP contribution < -0.4 is 0 Å². The first-order valence-electron chi connectivity index (χ1n) is 10.9. The number of piperidine rings is 1. The second-order valence-electron chi connectivity index (χ2n) is 9.76. The molecule has 6 fully saturated rings. The summed E-state index contributed by atoms with van der Waals surface area (Å²) >= 11 is 1.63. The van der Waals surface area contributed by atoms with Crippen molar-refractivity contribution in [1.29, 1.82) is 0 Å². The molecule has 4 aliphatic carbocycles. The van der Waals surface area contributed by atoms with Crippen LogP contribution in [0.3, 0.4) is 0 Å². The Hall–Kier alpha value is -1.95.